The van der Waals surface area contributed by atoms with E-state index in [4.69, 9.17) is 16.7 Å². The van der Waals surface area contributed by atoms with E-state index in [2.05, 4.69) is 9.97 Å². The lowest BCUT2D eigenvalue weighted by Crippen LogP contribution is -1.85. The molecule has 0 fully saturated rings. The summed E-state index contributed by atoms with van der Waals surface area (Å²) in [5.74, 6) is 0. The van der Waals surface area contributed by atoms with E-state index in [1.54, 1.807) is 6.20 Å². The molecular weight excluding hydrogens is 244 g/mol. The van der Waals surface area contributed by atoms with Gasteiger partial charge in [0.25, 0.3) is 0 Å². The van der Waals surface area contributed by atoms with Crippen molar-refractivity contribution in [1.29, 1.82) is 0 Å². The Bertz CT molecular complexity index is 476. The SMILES string of the molecule is OCc1ccc(Sc2ncncc2Cl)cc1. The summed E-state index contributed by atoms with van der Waals surface area (Å²) in [5.41, 5.74) is 0.887. The number of hydrogen-bond donors (Lipinski definition) is 1. The van der Waals surface area contributed by atoms with Gasteiger partial charge in [0.15, 0.2) is 0 Å². The van der Waals surface area contributed by atoms with E-state index in [0.717, 1.165) is 15.5 Å². The van der Waals surface area contributed by atoms with E-state index in [-0.39, 0.29) is 6.61 Å². The van der Waals surface area contributed by atoms with Gasteiger partial charge >= 0.3 is 0 Å². The molecule has 0 amide bonds. The quantitative estimate of drug-likeness (QED) is 0.854. The van der Waals surface area contributed by atoms with Crippen LogP contribution in [-0.2, 0) is 6.61 Å². The van der Waals surface area contributed by atoms with Crippen molar-refractivity contribution in [2.75, 3.05) is 0 Å². The van der Waals surface area contributed by atoms with E-state index in [0.29, 0.717) is 5.02 Å². The van der Waals surface area contributed by atoms with Crippen LogP contribution >= 0.6 is 23.4 Å². The Morgan fingerprint density at radius 1 is 1.25 bits per heavy atom. The van der Waals surface area contributed by atoms with Crippen molar-refractivity contribution in [3.63, 3.8) is 0 Å². The third kappa shape index (κ3) is 2.72. The van der Waals surface area contributed by atoms with Crippen molar-refractivity contribution in [3.05, 3.63) is 47.4 Å². The topological polar surface area (TPSA) is 46.0 Å². The molecule has 1 aromatic carbocycles. The van der Waals surface area contributed by atoms with E-state index < -0.39 is 0 Å². The highest BCUT2D eigenvalue weighted by Gasteiger charge is 2.03. The van der Waals surface area contributed by atoms with Gasteiger partial charge in [0, 0.05) is 4.90 Å². The van der Waals surface area contributed by atoms with Crippen molar-refractivity contribution >= 4 is 23.4 Å². The highest BCUT2D eigenvalue weighted by Crippen LogP contribution is 2.30. The summed E-state index contributed by atoms with van der Waals surface area (Å²) in [6, 6.07) is 7.60. The first-order chi connectivity index (χ1) is 7.79. The van der Waals surface area contributed by atoms with Crippen LogP contribution in [0.3, 0.4) is 0 Å². The van der Waals surface area contributed by atoms with Crippen LogP contribution in [-0.4, -0.2) is 15.1 Å². The number of aromatic nitrogens is 2. The Labute approximate surface area is 103 Å². The number of rotatable bonds is 3. The molecule has 0 aliphatic heterocycles. The van der Waals surface area contributed by atoms with Crippen molar-refractivity contribution in [2.45, 2.75) is 16.5 Å². The molecule has 0 aliphatic rings. The lowest BCUT2D eigenvalue weighted by molar-refractivity contribution is 0.282. The van der Waals surface area contributed by atoms with Gasteiger partial charge in [-0.25, -0.2) is 9.97 Å². The molecule has 0 radical (unpaired) electrons. The number of aliphatic hydroxyl groups is 1. The average Bonchev–Trinajstić information content (AvgIpc) is 2.33. The normalized spacial score (nSPS) is 10.4. The summed E-state index contributed by atoms with van der Waals surface area (Å²) in [7, 11) is 0. The zero-order chi connectivity index (χ0) is 11.4. The average molecular weight is 253 g/mol. The molecule has 0 saturated carbocycles. The molecule has 5 heteroatoms. The summed E-state index contributed by atoms with van der Waals surface area (Å²) < 4.78 is 0. The number of benzene rings is 1. The monoisotopic (exact) mass is 252 g/mol. The number of nitrogens with zero attached hydrogens (tertiary/aromatic N) is 2. The molecule has 2 aromatic rings. The van der Waals surface area contributed by atoms with Gasteiger partial charge in [-0.15, -0.1) is 0 Å². The third-order valence-electron chi connectivity index (χ3n) is 1.95. The maximum Gasteiger partial charge on any atom is 0.123 e. The second kappa shape index (κ2) is 5.30. The molecular formula is C11H9ClN2OS. The van der Waals surface area contributed by atoms with Crippen molar-refractivity contribution < 1.29 is 5.11 Å². The summed E-state index contributed by atoms with van der Waals surface area (Å²) in [4.78, 5) is 8.94. The minimum absolute atomic E-state index is 0.0548. The molecule has 82 valence electrons. The van der Waals surface area contributed by atoms with Crippen LogP contribution in [0.2, 0.25) is 5.02 Å². The van der Waals surface area contributed by atoms with Gasteiger partial charge in [-0.2, -0.15) is 0 Å². The largest absolute Gasteiger partial charge is 0.392 e. The highest BCUT2D eigenvalue weighted by atomic mass is 35.5. The lowest BCUT2D eigenvalue weighted by Gasteiger charge is -2.02. The Morgan fingerprint density at radius 3 is 2.62 bits per heavy atom. The summed E-state index contributed by atoms with van der Waals surface area (Å²) in [6.45, 7) is 0.0548. The first-order valence-corrected chi connectivity index (χ1v) is 5.82. The molecule has 2 rings (SSSR count). The van der Waals surface area contributed by atoms with Gasteiger partial charge in [0.1, 0.15) is 11.4 Å². The Kier molecular flexibility index (Phi) is 3.77. The molecule has 0 aliphatic carbocycles. The van der Waals surface area contributed by atoms with Crippen molar-refractivity contribution in [3.8, 4) is 0 Å². The second-order valence-electron chi connectivity index (χ2n) is 3.08. The van der Waals surface area contributed by atoms with Crippen LogP contribution < -0.4 is 0 Å². The van der Waals surface area contributed by atoms with Gasteiger partial charge in [0.05, 0.1) is 17.8 Å². The fraction of sp³-hybridized carbons (Fsp3) is 0.0909. The Balaban J connectivity index is 2.18. The number of hydrogen-bond acceptors (Lipinski definition) is 4. The van der Waals surface area contributed by atoms with Crippen LogP contribution in [0.5, 0.6) is 0 Å². The third-order valence-corrected chi connectivity index (χ3v) is 3.37. The summed E-state index contributed by atoms with van der Waals surface area (Å²) in [5, 5.41) is 10.2. The molecule has 16 heavy (non-hydrogen) atoms. The molecule has 3 nitrogen and oxygen atoms in total. The van der Waals surface area contributed by atoms with Crippen LogP contribution in [0.15, 0.2) is 46.7 Å². The van der Waals surface area contributed by atoms with Gasteiger partial charge in [-0.1, -0.05) is 35.5 Å². The lowest BCUT2D eigenvalue weighted by atomic mass is 10.2. The van der Waals surface area contributed by atoms with Crippen LogP contribution in [0.1, 0.15) is 5.56 Å². The molecule has 0 bridgehead atoms. The molecule has 1 aromatic heterocycles. The van der Waals surface area contributed by atoms with Crippen LogP contribution in [0, 0.1) is 0 Å². The van der Waals surface area contributed by atoms with Crippen molar-refractivity contribution in [1.82, 2.24) is 9.97 Å². The molecule has 0 saturated heterocycles. The molecule has 1 N–H and O–H groups in total. The van der Waals surface area contributed by atoms with Crippen molar-refractivity contribution in [2.24, 2.45) is 0 Å². The Morgan fingerprint density at radius 2 is 2.00 bits per heavy atom. The van der Waals surface area contributed by atoms with Gasteiger partial charge in [0.2, 0.25) is 0 Å². The smallest absolute Gasteiger partial charge is 0.123 e. The summed E-state index contributed by atoms with van der Waals surface area (Å²) >= 11 is 7.42. The standard InChI is InChI=1S/C11H9ClN2OS/c12-10-5-13-7-14-11(10)16-9-3-1-8(6-15)2-4-9/h1-5,7,15H,6H2. The maximum absolute atomic E-state index is 8.91. The van der Waals surface area contributed by atoms with E-state index in [9.17, 15) is 0 Å². The van der Waals surface area contributed by atoms with Gasteiger partial charge < -0.3 is 5.11 Å². The van der Waals surface area contributed by atoms with E-state index in [1.807, 2.05) is 24.3 Å². The Hall–Kier alpha value is -1.10. The first-order valence-electron chi connectivity index (χ1n) is 4.63. The summed E-state index contributed by atoms with van der Waals surface area (Å²) in [6.07, 6.45) is 3.04. The molecule has 1 heterocycles. The molecule has 0 atom stereocenters. The first kappa shape index (κ1) is 11.4. The molecule has 0 spiro atoms. The predicted octanol–water partition coefficient (Wildman–Crippen LogP) is 2.77. The predicted molar refractivity (Wildman–Crippen MR) is 63.5 cm³/mol. The minimum Gasteiger partial charge on any atom is -0.392 e. The minimum atomic E-state index is 0.0548. The zero-order valence-electron chi connectivity index (χ0n) is 8.30. The van der Waals surface area contributed by atoms with Crippen LogP contribution in [0.4, 0.5) is 0 Å². The number of halogens is 1. The maximum atomic E-state index is 8.91. The van der Waals surface area contributed by atoms with Gasteiger partial charge in [-0.3, -0.25) is 0 Å². The fourth-order valence-corrected chi connectivity index (χ4v) is 2.12. The number of aliphatic hydroxyl groups excluding tert-OH is 1. The fourth-order valence-electron chi connectivity index (χ4n) is 1.15. The van der Waals surface area contributed by atoms with Crippen LogP contribution in [0.25, 0.3) is 0 Å². The van der Waals surface area contributed by atoms with Gasteiger partial charge in [-0.05, 0) is 17.7 Å². The van der Waals surface area contributed by atoms with E-state index in [1.165, 1.54) is 18.1 Å². The molecule has 0 unspecified atom stereocenters. The second-order valence-corrected chi connectivity index (χ2v) is 4.55. The van der Waals surface area contributed by atoms with E-state index >= 15 is 0 Å². The highest BCUT2D eigenvalue weighted by molar-refractivity contribution is 7.99. The zero-order valence-corrected chi connectivity index (χ0v) is 9.87.